The molecule has 0 amide bonds. The van der Waals surface area contributed by atoms with E-state index in [0.29, 0.717) is 6.04 Å². The van der Waals surface area contributed by atoms with Crippen LogP contribution in [0.5, 0.6) is 0 Å². The van der Waals surface area contributed by atoms with E-state index in [9.17, 15) is 0 Å². The van der Waals surface area contributed by atoms with Gasteiger partial charge >= 0.3 is 0 Å². The first-order chi connectivity index (χ1) is 8.06. The highest BCUT2D eigenvalue weighted by molar-refractivity contribution is 5.12. The molecule has 0 aliphatic carbocycles. The maximum absolute atomic E-state index is 5.31. The van der Waals surface area contributed by atoms with E-state index in [1.165, 1.54) is 5.69 Å². The van der Waals surface area contributed by atoms with E-state index in [1.54, 1.807) is 7.11 Å². The summed E-state index contributed by atoms with van der Waals surface area (Å²) < 4.78 is 7.55. The Balaban J connectivity index is 2.99. The summed E-state index contributed by atoms with van der Waals surface area (Å²) in [4.78, 5) is 4.29. The number of nitrogens with one attached hydrogen (secondary N) is 1. The molecule has 1 atom stereocenters. The van der Waals surface area contributed by atoms with Crippen molar-refractivity contribution in [1.82, 2.24) is 14.9 Å². The van der Waals surface area contributed by atoms with Gasteiger partial charge in [-0.1, -0.05) is 13.3 Å². The normalized spacial score (nSPS) is 13.9. The molecule has 4 nitrogen and oxygen atoms in total. The largest absolute Gasteiger partial charge is 0.383 e. The van der Waals surface area contributed by atoms with Gasteiger partial charge in [-0.15, -0.1) is 0 Å². The molecule has 0 saturated heterocycles. The van der Waals surface area contributed by atoms with Gasteiger partial charge in [0.25, 0.3) is 0 Å². The van der Waals surface area contributed by atoms with Crippen molar-refractivity contribution in [2.75, 3.05) is 20.8 Å². The minimum atomic E-state index is -0.0732. The highest BCUT2D eigenvalue weighted by Gasteiger charge is 2.25. The Labute approximate surface area is 104 Å². The number of nitrogens with zero attached hydrogens (tertiary/aromatic N) is 2. The number of rotatable bonds is 7. The lowest BCUT2D eigenvalue weighted by Crippen LogP contribution is -2.36. The number of imidazole rings is 1. The van der Waals surface area contributed by atoms with Crippen LogP contribution in [-0.2, 0) is 10.3 Å². The smallest absolute Gasteiger partial charge is 0.0952 e. The predicted octanol–water partition coefficient (Wildman–Crippen LogP) is 2.33. The van der Waals surface area contributed by atoms with Crippen LogP contribution in [-0.4, -0.2) is 30.3 Å². The molecular weight excluding hydrogens is 214 g/mol. The van der Waals surface area contributed by atoms with E-state index in [0.717, 1.165) is 19.4 Å². The first-order valence-corrected chi connectivity index (χ1v) is 6.27. The quantitative estimate of drug-likeness (QED) is 0.793. The maximum atomic E-state index is 5.31. The molecule has 1 heterocycles. The minimum absolute atomic E-state index is 0.0732. The van der Waals surface area contributed by atoms with Crippen molar-refractivity contribution in [2.24, 2.45) is 0 Å². The van der Waals surface area contributed by atoms with Crippen molar-refractivity contribution in [1.29, 1.82) is 0 Å². The van der Waals surface area contributed by atoms with Crippen molar-refractivity contribution < 1.29 is 4.74 Å². The molecular formula is C13H25N3O. The standard InChI is InChI=1S/C13H25N3O/c1-6-7-11(9-17-5)16-10-15-8-12(16)13(2,3)14-4/h8,10-11,14H,6-7,9H2,1-5H3. The number of aromatic nitrogens is 2. The Morgan fingerprint density at radius 3 is 2.76 bits per heavy atom. The zero-order chi connectivity index (χ0) is 12.9. The molecule has 1 aromatic heterocycles. The van der Waals surface area contributed by atoms with E-state index in [1.807, 2.05) is 19.6 Å². The molecule has 0 aliphatic rings. The average Bonchev–Trinajstić information content (AvgIpc) is 2.78. The van der Waals surface area contributed by atoms with E-state index < -0.39 is 0 Å². The summed E-state index contributed by atoms with van der Waals surface area (Å²) >= 11 is 0. The maximum Gasteiger partial charge on any atom is 0.0952 e. The van der Waals surface area contributed by atoms with E-state index in [4.69, 9.17) is 4.74 Å². The van der Waals surface area contributed by atoms with Gasteiger partial charge in [0.1, 0.15) is 0 Å². The molecule has 0 bridgehead atoms. The van der Waals surface area contributed by atoms with Crippen LogP contribution < -0.4 is 5.32 Å². The topological polar surface area (TPSA) is 39.1 Å². The van der Waals surface area contributed by atoms with Crippen LogP contribution >= 0.6 is 0 Å². The van der Waals surface area contributed by atoms with Gasteiger partial charge < -0.3 is 14.6 Å². The number of ether oxygens (including phenoxy) is 1. The van der Waals surface area contributed by atoms with Crippen molar-refractivity contribution >= 4 is 0 Å². The Morgan fingerprint density at radius 2 is 2.24 bits per heavy atom. The summed E-state index contributed by atoms with van der Waals surface area (Å²) in [6.07, 6.45) is 6.10. The molecule has 0 radical (unpaired) electrons. The summed E-state index contributed by atoms with van der Waals surface area (Å²) in [5.74, 6) is 0. The van der Waals surface area contributed by atoms with Crippen LogP contribution in [0.25, 0.3) is 0 Å². The monoisotopic (exact) mass is 239 g/mol. The third kappa shape index (κ3) is 3.30. The fraction of sp³-hybridized carbons (Fsp3) is 0.769. The average molecular weight is 239 g/mol. The Morgan fingerprint density at radius 1 is 1.53 bits per heavy atom. The van der Waals surface area contributed by atoms with E-state index in [-0.39, 0.29) is 5.54 Å². The predicted molar refractivity (Wildman–Crippen MR) is 70.1 cm³/mol. The SMILES string of the molecule is CCCC(COC)n1cncc1C(C)(C)NC. The third-order valence-corrected chi connectivity index (χ3v) is 3.31. The zero-order valence-corrected chi connectivity index (χ0v) is 11.7. The molecule has 1 rings (SSSR count). The molecule has 0 saturated carbocycles. The summed E-state index contributed by atoms with van der Waals surface area (Å²) in [5, 5.41) is 3.32. The summed E-state index contributed by atoms with van der Waals surface area (Å²) in [6.45, 7) is 7.26. The van der Waals surface area contributed by atoms with Gasteiger partial charge in [0.15, 0.2) is 0 Å². The van der Waals surface area contributed by atoms with Gasteiger partial charge in [-0.2, -0.15) is 0 Å². The minimum Gasteiger partial charge on any atom is -0.383 e. The highest BCUT2D eigenvalue weighted by Crippen LogP contribution is 2.24. The van der Waals surface area contributed by atoms with Crippen molar-refractivity contribution in [3.8, 4) is 0 Å². The molecule has 0 spiro atoms. The second kappa shape index (κ2) is 6.17. The van der Waals surface area contributed by atoms with Crippen LogP contribution in [0.4, 0.5) is 0 Å². The Bertz CT molecular complexity index is 327. The van der Waals surface area contributed by atoms with Gasteiger partial charge in [0.05, 0.1) is 36.4 Å². The Hall–Kier alpha value is -0.870. The third-order valence-electron chi connectivity index (χ3n) is 3.31. The van der Waals surface area contributed by atoms with Crippen LogP contribution in [0.15, 0.2) is 12.5 Å². The molecule has 0 aliphatic heterocycles. The van der Waals surface area contributed by atoms with Gasteiger partial charge in [-0.05, 0) is 27.3 Å². The fourth-order valence-corrected chi connectivity index (χ4v) is 2.04. The molecule has 1 unspecified atom stereocenters. The second-order valence-corrected chi connectivity index (χ2v) is 4.96. The van der Waals surface area contributed by atoms with Gasteiger partial charge in [-0.3, -0.25) is 0 Å². The molecule has 17 heavy (non-hydrogen) atoms. The second-order valence-electron chi connectivity index (χ2n) is 4.96. The summed E-state index contributed by atoms with van der Waals surface area (Å²) in [6, 6.07) is 0.370. The molecule has 98 valence electrons. The van der Waals surface area contributed by atoms with Gasteiger partial charge in [0, 0.05) is 7.11 Å². The van der Waals surface area contributed by atoms with Crippen LogP contribution in [0, 0.1) is 0 Å². The van der Waals surface area contributed by atoms with Gasteiger partial charge in [-0.25, -0.2) is 4.98 Å². The number of hydrogen-bond acceptors (Lipinski definition) is 3. The van der Waals surface area contributed by atoms with Crippen LogP contribution in [0.3, 0.4) is 0 Å². The lowest BCUT2D eigenvalue weighted by atomic mass is 10.0. The molecule has 0 fully saturated rings. The number of hydrogen-bond donors (Lipinski definition) is 1. The highest BCUT2D eigenvalue weighted by atomic mass is 16.5. The van der Waals surface area contributed by atoms with Crippen LogP contribution in [0.1, 0.15) is 45.3 Å². The molecule has 1 aromatic rings. The molecule has 0 aromatic carbocycles. The van der Waals surface area contributed by atoms with E-state index in [2.05, 4.69) is 35.6 Å². The number of methoxy groups -OCH3 is 1. The van der Waals surface area contributed by atoms with E-state index >= 15 is 0 Å². The van der Waals surface area contributed by atoms with Crippen molar-refractivity contribution in [2.45, 2.75) is 45.2 Å². The first kappa shape index (κ1) is 14.2. The lowest BCUT2D eigenvalue weighted by molar-refractivity contribution is 0.146. The van der Waals surface area contributed by atoms with Gasteiger partial charge in [0.2, 0.25) is 0 Å². The molecule has 4 heteroatoms. The first-order valence-electron chi connectivity index (χ1n) is 6.27. The van der Waals surface area contributed by atoms with Crippen LogP contribution in [0.2, 0.25) is 0 Å². The summed E-state index contributed by atoms with van der Waals surface area (Å²) in [7, 11) is 3.73. The summed E-state index contributed by atoms with van der Waals surface area (Å²) in [5.41, 5.74) is 1.13. The lowest BCUT2D eigenvalue weighted by Gasteiger charge is -2.29. The zero-order valence-electron chi connectivity index (χ0n) is 11.7. The van der Waals surface area contributed by atoms with Crippen molar-refractivity contribution in [3.63, 3.8) is 0 Å². The van der Waals surface area contributed by atoms with Crippen molar-refractivity contribution in [3.05, 3.63) is 18.2 Å². The Kier molecular flexibility index (Phi) is 5.15. The fourth-order valence-electron chi connectivity index (χ4n) is 2.04. The molecule has 1 N–H and O–H groups in total.